The first-order chi connectivity index (χ1) is 7.25. The van der Waals surface area contributed by atoms with E-state index >= 15 is 0 Å². The predicted molar refractivity (Wildman–Crippen MR) is 76.4 cm³/mol. The molecule has 1 atom stereocenters. The summed E-state index contributed by atoms with van der Waals surface area (Å²) in [4.78, 5) is 11.8. The Morgan fingerprint density at radius 2 is 1.87 bits per heavy atom. The quantitative estimate of drug-likeness (QED) is 0.768. The summed E-state index contributed by atoms with van der Waals surface area (Å²) >= 11 is 7.55. The molecule has 1 unspecified atom stereocenters. The first-order valence-electron chi connectivity index (χ1n) is 5.23. The standard InChI is InChI=1S/C10H16OS4/c1-7(2-14-8-3-12-4-8)10(11)15-9-5-13-6-9/h7-9H,2-6H2,1H3. The molecule has 2 rings (SSSR count). The molecule has 0 aromatic rings. The van der Waals surface area contributed by atoms with Gasteiger partial charge in [0.05, 0.1) is 0 Å². The second kappa shape index (κ2) is 6.12. The molecule has 0 spiro atoms. The molecule has 2 fully saturated rings. The number of hydrogen-bond donors (Lipinski definition) is 0. The highest BCUT2D eigenvalue weighted by molar-refractivity contribution is 8.17. The monoisotopic (exact) mass is 280 g/mol. The molecular weight excluding hydrogens is 264 g/mol. The van der Waals surface area contributed by atoms with Crippen LogP contribution in [0.15, 0.2) is 0 Å². The van der Waals surface area contributed by atoms with Gasteiger partial charge in [-0.25, -0.2) is 0 Å². The van der Waals surface area contributed by atoms with Crippen molar-refractivity contribution < 1.29 is 4.79 Å². The van der Waals surface area contributed by atoms with Crippen LogP contribution in [0.25, 0.3) is 0 Å². The second-order valence-corrected chi connectivity index (χ2v) is 8.78. The van der Waals surface area contributed by atoms with E-state index in [9.17, 15) is 4.79 Å². The van der Waals surface area contributed by atoms with E-state index in [2.05, 4.69) is 6.92 Å². The minimum Gasteiger partial charge on any atom is -0.287 e. The van der Waals surface area contributed by atoms with E-state index in [0.717, 1.165) is 11.0 Å². The first kappa shape index (κ1) is 12.5. The van der Waals surface area contributed by atoms with Crippen LogP contribution < -0.4 is 0 Å². The zero-order chi connectivity index (χ0) is 10.7. The Kier molecular flexibility index (Phi) is 5.11. The number of hydrogen-bond acceptors (Lipinski definition) is 5. The predicted octanol–water partition coefficient (Wildman–Crippen LogP) is 2.85. The van der Waals surface area contributed by atoms with Gasteiger partial charge in [0.1, 0.15) is 0 Å². The SMILES string of the molecule is CC(CSC1CSC1)C(=O)SC1CSC1. The fourth-order valence-corrected chi connectivity index (χ4v) is 6.01. The maximum Gasteiger partial charge on any atom is 0.192 e. The first-order valence-corrected chi connectivity index (χ1v) is 9.47. The highest BCUT2D eigenvalue weighted by Gasteiger charge is 2.26. The second-order valence-electron chi connectivity index (χ2n) is 3.99. The minimum absolute atomic E-state index is 0.246. The van der Waals surface area contributed by atoms with Crippen LogP contribution in [0.1, 0.15) is 6.92 Å². The van der Waals surface area contributed by atoms with Crippen molar-refractivity contribution in [1.29, 1.82) is 0 Å². The Hall–Kier alpha value is 1.07. The van der Waals surface area contributed by atoms with E-state index in [1.165, 1.54) is 23.0 Å². The van der Waals surface area contributed by atoms with Gasteiger partial charge in [-0.15, -0.1) is 0 Å². The lowest BCUT2D eigenvalue weighted by atomic mass is 10.2. The van der Waals surface area contributed by atoms with Gasteiger partial charge in [0.2, 0.25) is 0 Å². The van der Waals surface area contributed by atoms with E-state index in [0.29, 0.717) is 10.4 Å². The van der Waals surface area contributed by atoms with Crippen molar-refractivity contribution in [2.75, 3.05) is 28.8 Å². The highest BCUT2D eigenvalue weighted by Crippen LogP contribution is 2.34. The van der Waals surface area contributed by atoms with Gasteiger partial charge in [-0.3, -0.25) is 4.79 Å². The number of thioether (sulfide) groups is 4. The van der Waals surface area contributed by atoms with E-state index in [4.69, 9.17) is 0 Å². The van der Waals surface area contributed by atoms with Gasteiger partial charge in [-0.05, 0) is 0 Å². The normalized spacial score (nSPS) is 24.3. The smallest absolute Gasteiger partial charge is 0.192 e. The molecule has 5 heteroatoms. The Morgan fingerprint density at radius 1 is 1.27 bits per heavy atom. The zero-order valence-corrected chi connectivity index (χ0v) is 12.1. The number of rotatable bonds is 5. The molecule has 2 heterocycles. The van der Waals surface area contributed by atoms with Crippen LogP contribution in [0.5, 0.6) is 0 Å². The average molecular weight is 281 g/mol. The molecule has 0 aromatic carbocycles. The van der Waals surface area contributed by atoms with Crippen LogP contribution >= 0.6 is 47.0 Å². The molecular formula is C10H16OS4. The van der Waals surface area contributed by atoms with Crippen LogP contribution in [-0.4, -0.2) is 44.4 Å². The molecule has 0 radical (unpaired) electrons. The molecule has 0 saturated carbocycles. The maximum atomic E-state index is 11.8. The summed E-state index contributed by atoms with van der Waals surface area (Å²) in [6.45, 7) is 2.08. The van der Waals surface area contributed by atoms with Crippen molar-refractivity contribution in [3.8, 4) is 0 Å². The largest absolute Gasteiger partial charge is 0.287 e. The lowest BCUT2D eigenvalue weighted by Crippen LogP contribution is -2.26. The molecule has 0 amide bonds. The molecule has 0 aromatic heterocycles. The zero-order valence-electron chi connectivity index (χ0n) is 8.81. The summed E-state index contributed by atoms with van der Waals surface area (Å²) in [5, 5.41) is 1.86. The molecule has 2 saturated heterocycles. The third kappa shape index (κ3) is 3.79. The van der Waals surface area contributed by atoms with Crippen molar-refractivity contribution in [2.45, 2.75) is 17.4 Å². The number of carbonyl (C=O) groups is 1. The summed E-state index contributed by atoms with van der Waals surface area (Å²) in [7, 11) is 0. The van der Waals surface area contributed by atoms with Crippen LogP contribution in [0.2, 0.25) is 0 Å². The van der Waals surface area contributed by atoms with Crippen molar-refractivity contribution in [2.24, 2.45) is 5.92 Å². The molecule has 15 heavy (non-hydrogen) atoms. The Morgan fingerprint density at radius 3 is 2.33 bits per heavy atom. The Bertz CT molecular complexity index is 225. The Labute approximate surface area is 109 Å². The number of carbonyl (C=O) groups excluding carboxylic acids is 1. The van der Waals surface area contributed by atoms with E-state index < -0.39 is 0 Å². The molecule has 0 N–H and O–H groups in total. The third-order valence-electron chi connectivity index (χ3n) is 2.48. The average Bonchev–Trinajstić information content (AvgIpc) is 2.08. The lowest BCUT2D eigenvalue weighted by Gasteiger charge is -2.27. The van der Waals surface area contributed by atoms with Gasteiger partial charge in [0.15, 0.2) is 5.12 Å². The summed E-state index contributed by atoms with van der Waals surface area (Å²) in [5.74, 6) is 6.20. The Balaban J connectivity index is 1.60. The summed E-state index contributed by atoms with van der Waals surface area (Å²) in [5.41, 5.74) is 0. The molecule has 0 aliphatic carbocycles. The van der Waals surface area contributed by atoms with Gasteiger partial charge in [-0.1, -0.05) is 18.7 Å². The summed E-state index contributed by atoms with van der Waals surface area (Å²) in [6.07, 6.45) is 0. The van der Waals surface area contributed by atoms with Gasteiger partial charge in [0, 0.05) is 45.2 Å². The van der Waals surface area contributed by atoms with Crippen LogP contribution in [0.4, 0.5) is 0 Å². The molecule has 1 nitrogen and oxygen atoms in total. The highest BCUT2D eigenvalue weighted by atomic mass is 32.2. The maximum absolute atomic E-state index is 11.8. The lowest BCUT2D eigenvalue weighted by molar-refractivity contribution is -0.113. The minimum atomic E-state index is 0.246. The fraction of sp³-hybridized carbons (Fsp3) is 0.900. The van der Waals surface area contributed by atoms with Gasteiger partial charge >= 0.3 is 0 Å². The van der Waals surface area contributed by atoms with Crippen LogP contribution in [0, 0.1) is 5.92 Å². The molecule has 2 aliphatic heterocycles. The van der Waals surface area contributed by atoms with Crippen molar-refractivity contribution >= 4 is 52.2 Å². The van der Waals surface area contributed by atoms with Gasteiger partial charge < -0.3 is 0 Å². The van der Waals surface area contributed by atoms with Crippen molar-refractivity contribution in [3.05, 3.63) is 0 Å². The fourth-order valence-electron chi connectivity index (χ4n) is 1.22. The van der Waals surface area contributed by atoms with Gasteiger partial charge in [-0.2, -0.15) is 35.3 Å². The van der Waals surface area contributed by atoms with Crippen LogP contribution in [-0.2, 0) is 4.79 Å². The molecule has 86 valence electrons. The van der Waals surface area contributed by atoms with E-state index in [-0.39, 0.29) is 5.92 Å². The summed E-state index contributed by atoms with van der Waals surface area (Å²) in [6, 6.07) is 0. The molecule has 2 aliphatic rings. The van der Waals surface area contributed by atoms with Gasteiger partial charge in [0.25, 0.3) is 0 Å². The van der Waals surface area contributed by atoms with Crippen LogP contribution in [0.3, 0.4) is 0 Å². The van der Waals surface area contributed by atoms with E-state index in [1.807, 2.05) is 35.3 Å². The summed E-state index contributed by atoms with van der Waals surface area (Å²) < 4.78 is 0. The van der Waals surface area contributed by atoms with Crippen molar-refractivity contribution in [1.82, 2.24) is 0 Å². The van der Waals surface area contributed by atoms with E-state index in [1.54, 1.807) is 11.8 Å². The van der Waals surface area contributed by atoms with Crippen molar-refractivity contribution in [3.63, 3.8) is 0 Å². The molecule has 0 bridgehead atoms. The third-order valence-corrected chi connectivity index (χ3v) is 8.68. The topological polar surface area (TPSA) is 17.1 Å².